The molecule has 3 N–H and O–H groups in total. The number of methoxy groups -OCH3 is 1. The lowest BCUT2D eigenvalue weighted by Crippen LogP contribution is -2.57. The van der Waals surface area contributed by atoms with Crippen molar-refractivity contribution < 1.29 is 24.5 Å². The van der Waals surface area contributed by atoms with Gasteiger partial charge in [-0.15, -0.1) is 0 Å². The topological polar surface area (TPSA) is 99.1 Å². The summed E-state index contributed by atoms with van der Waals surface area (Å²) >= 11 is 0. The van der Waals surface area contributed by atoms with E-state index in [1.807, 2.05) is 0 Å². The number of benzene rings is 1. The van der Waals surface area contributed by atoms with Crippen molar-refractivity contribution in [1.82, 2.24) is 4.90 Å². The molecule has 0 bridgehead atoms. The first-order valence-electron chi connectivity index (χ1n) is 6.79. The maximum absolute atomic E-state index is 12.4. The molecule has 0 aromatic heterocycles. The van der Waals surface area contributed by atoms with Crippen LogP contribution in [0.5, 0.6) is 5.75 Å². The second-order valence-electron chi connectivity index (χ2n) is 5.71. The zero-order chi connectivity index (χ0) is 16.9. The summed E-state index contributed by atoms with van der Waals surface area (Å²) in [4.78, 5) is 24.7. The molecule has 0 spiro atoms. The van der Waals surface area contributed by atoms with Gasteiger partial charge in [0, 0.05) is 5.54 Å². The Morgan fingerprint density at radius 3 is 2.36 bits per heavy atom. The molecule has 122 valence electrons. The first kappa shape index (κ1) is 17.8. The lowest BCUT2D eigenvalue weighted by atomic mass is 10.0. The molecule has 7 heteroatoms. The molecule has 1 atom stereocenters. The van der Waals surface area contributed by atoms with Crippen molar-refractivity contribution in [3.05, 3.63) is 24.3 Å². The molecule has 0 fully saturated rings. The second-order valence-corrected chi connectivity index (χ2v) is 5.71. The summed E-state index contributed by atoms with van der Waals surface area (Å²) in [5, 5.41) is 21.4. The van der Waals surface area contributed by atoms with Crippen molar-refractivity contribution in [2.45, 2.75) is 32.4 Å². The number of rotatable bonds is 5. The molecule has 0 aliphatic carbocycles. The van der Waals surface area contributed by atoms with Crippen molar-refractivity contribution in [3.63, 3.8) is 0 Å². The number of nitrogens with zero attached hydrogens (tertiary/aromatic N) is 1. The SMILES string of the molecule is COc1ccccc1NC(=O)C(CO)N(C(=O)O)C(C)(C)C. The minimum atomic E-state index is -1.28. The fraction of sp³-hybridized carbons (Fsp3) is 0.467. The summed E-state index contributed by atoms with van der Waals surface area (Å²) in [7, 11) is 1.47. The van der Waals surface area contributed by atoms with Gasteiger partial charge in [-0.05, 0) is 32.9 Å². The van der Waals surface area contributed by atoms with Gasteiger partial charge in [0.05, 0.1) is 19.4 Å². The molecule has 0 saturated carbocycles. The van der Waals surface area contributed by atoms with E-state index in [4.69, 9.17) is 4.74 Å². The first-order chi connectivity index (χ1) is 10.2. The average molecular weight is 310 g/mol. The van der Waals surface area contributed by atoms with Crippen molar-refractivity contribution >= 4 is 17.7 Å². The van der Waals surface area contributed by atoms with Crippen molar-refractivity contribution in [2.75, 3.05) is 19.0 Å². The van der Waals surface area contributed by atoms with Crippen LogP contribution in [0.25, 0.3) is 0 Å². The molecule has 22 heavy (non-hydrogen) atoms. The number of carbonyl (C=O) groups is 2. The highest BCUT2D eigenvalue weighted by Crippen LogP contribution is 2.24. The molecular weight excluding hydrogens is 288 g/mol. The molecule has 1 aromatic rings. The van der Waals surface area contributed by atoms with Gasteiger partial charge in [-0.25, -0.2) is 4.79 Å². The van der Waals surface area contributed by atoms with Gasteiger partial charge in [0.2, 0.25) is 5.91 Å². The molecule has 0 heterocycles. The van der Waals surface area contributed by atoms with Gasteiger partial charge in [0.15, 0.2) is 0 Å². The zero-order valence-electron chi connectivity index (χ0n) is 13.2. The molecule has 1 unspecified atom stereocenters. The van der Waals surface area contributed by atoms with Gasteiger partial charge in [-0.2, -0.15) is 0 Å². The largest absolute Gasteiger partial charge is 0.495 e. The van der Waals surface area contributed by atoms with Gasteiger partial charge in [-0.1, -0.05) is 12.1 Å². The van der Waals surface area contributed by atoms with Gasteiger partial charge >= 0.3 is 6.09 Å². The molecule has 7 nitrogen and oxygen atoms in total. The van der Waals surface area contributed by atoms with E-state index >= 15 is 0 Å². The number of carboxylic acid groups (broad SMARTS) is 1. The normalized spacial score (nSPS) is 12.4. The molecular formula is C15H22N2O5. The van der Waals surface area contributed by atoms with Crippen molar-refractivity contribution in [1.29, 1.82) is 0 Å². The highest BCUT2D eigenvalue weighted by molar-refractivity contribution is 5.97. The summed E-state index contributed by atoms with van der Waals surface area (Å²) in [5.41, 5.74) is -0.426. The quantitative estimate of drug-likeness (QED) is 0.770. The van der Waals surface area contributed by atoms with Crippen LogP contribution in [0, 0.1) is 0 Å². The smallest absolute Gasteiger partial charge is 0.408 e. The average Bonchev–Trinajstić information content (AvgIpc) is 2.43. The first-order valence-corrected chi connectivity index (χ1v) is 6.79. The number of hydrogen-bond acceptors (Lipinski definition) is 4. The lowest BCUT2D eigenvalue weighted by Gasteiger charge is -2.37. The van der Waals surface area contributed by atoms with Gasteiger partial charge < -0.3 is 20.3 Å². The Kier molecular flexibility index (Phi) is 5.76. The summed E-state index contributed by atoms with van der Waals surface area (Å²) in [5.74, 6) is -0.172. The van der Waals surface area contributed by atoms with Crippen LogP contribution in [0.4, 0.5) is 10.5 Å². The molecule has 1 aromatic carbocycles. The molecule has 0 radical (unpaired) electrons. The predicted octanol–water partition coefficient (Wildman–Crippen LogP) is 1.77. The highest BCUT2D eigenvalue weighted by atomic mass is 16.5. The van der Waals surface area contributed by atoms with E-state index < -0.39 is 30.2 Å². The van der Waals surface area contributed by atoms with Crippen molar-refractivity contribution in [3.8, 4) is 5.75 Å². The third-order valence-electron chi connectivity index (χ3n) is 3.08. The maximum Gasteiger partial charge on any atom is 0.408 e. The molecule has 0 aliphatic heterocycles. The number of ether oxygens (including phenoxy) is 1. The van der Waals surface area contributed by atoms with Crippen molar-refractivity contribution in [2.24, 2.45) is 0 Å². The van der Waals surface area contributed by atoms with Gasteiger partial charge in [0.1, 0.15) is 11.8 Å². The predicted molar refractivity (Wildman–Crippen MR) is 82.1 cm³/mol. The van der Waals surface area contributed by atoms with Crippen LogP contribution in [-0.2, 0) is 4.79 Å². The number of aliphatic hydroxyl groups excluding tert-OH is 1. The fourth-order valence-electron chi connectivity index (χ4n) is 2.13. The molecule has 0 saturated heterocycles. The Morgan fingerprint density at radius 1 is 1.32 bits per heavy atom. The highest BCUT2D eigenvalue weighted by Gasteiger charge is 2.37. The Hall–Kier alpha value is -2.28. The standard InChI is InChI=1S/C15H22N2O5/c1-15(2,3)17(14(20)21)11(9-18)13(19)16-10-7-5-6-8-12(10)22-4/h5-8,11,18H,9H2,1-4H3,(H,16,19)(H,20,21). The van der Waals surface area contributed by atoms with E-state index in [1.165, 1.54) is 7.11 Å². The third-order valence-corrected chi connectivity index (χ3v) is 3.08. The van der Waals surface area contributed by atoms with Crippen LogP contribution in [0.3, 0.4) is 0 Å². The molecule has 2 amide bonds. The minimum Gasteiger partial charge on any atom is -0.495 e. The summed E-state index contributed by atoms with van der Waals surface area (Å²) in [6.07, 6.45) is -1.28. The number of nitrogens with one attached hydrogen (secondary N) is 1. The molecule has 0 aliphatic rings. The van der Waals surface area contributed by atoms with E-state index in [2.05, 4.69) is 5.32 Å². The van der Waals surface area contributed by atoms with Crippen LogP contribution < -0.4 is 10.1 Å². The summed E-state index contributed by atoms with van der Waals surface area (Å²) < 4.78 is 5.13. The van der Waals surface area contributed by atoms with E-state index in [0.717, 1.165) is 4.90 Å². The fourth-order valence-corrected chi connectivity index (χ4v) is 2.13. The summed E-state index contributed by atoms with van der Waals surface area (Å²) in [6.45, 7) is 4.34. The number of para-hydroxylation sites is 2. The van der Waals surface area contributed by atoms with Crippen LogP contribution >= 0.6 is 0 Å². The van der Waals surface area contributed by atoms with Gasteiger partial charge in [-0.3, -0.25) is 9.69 Å². The lowest BCUT2D eigenvalue weighted by molar-refractivity contribution is -0.124. The number of hydrogen-bond donors (Lipinski definition) is 3. The van der Waals surface area contributed by atoms with Crippen LogP contribution in [0.1, 0.15) is 20.8 Å². The van der Waals surface area contributed by atoms with Crippen LogP contribution in [0.2, 0.25) is 0 Å². The minimum absolute atomic E-state index is 0.410. The number of amides is 2. The number of aliphatic hydroxyl groups is 1. The van der Waals surface area contributed by atoms with Crippen LogP contribution in [0.15, 0.2) is 24.3 Å². The van der Waals surface area contributed by atoms with E-state index in [9.17, 15) is 19.8 Å². The number of carbonyl (C=O) groups excluding carboxylic acids is 1. The Bertz CT molecular complexity index is 539. The monoisotopic (exact) mass is 310 g/mol. The number of anilines is 1. The second kappa shape index (κ2) is 7.13. The van der Waals surface area contributed by atoms with E-state index in [-0.39, 0.29) is 0 Å². The zero-order valence-corrected chi connectivity index (χ0v) is 13.2. The Morgan fingerprint density at radius 2 is 1.91 bits per heavy atom. The van der Waals surface area contributed by atoms with E-state index in [1.54, 1.807) is 45.0 Å². The maximum atomic E-state index is 12.4. The van der Waals surface area contributed by atoms with Crippen LogP contribution in [-0.4, -0.2) is 52.4 Å². The van der Waals surface area contributed by atoms with E-state index in [0.29, 0.717) is 11.4 Å². The third kappa shape index (κ3) is 4.11. The summed E-state index contributed by atoms with van der Waals surface area (Å²) in [6, 6.07) is 5.54. The Balaban J connectivity index is 3.04. The molecule has 1 rings (SSSR count). The Labute approximate surface area is 129 Å². The van der Waals surface area contributed by atoms with Gasteiger partial charge in [0.25, 0.3) is 0 Å².